The SMILES string of the molecule is O=C(O)c1ccc(Cc2nc(CCl)cs2)o1. The van der Waals surface area contributed by atoms with Crippen LogP contribution >= 0.6 is 22.9 Å². The number of halogens is 1. The van der Waals surface area contributed by atoms with E-state index >= 15 is 0 Å². The van der Waals surface area contributed by atoms with Crippen LogP contribution < -0.4 is 0 Å². The molecule has 0 aromatic carbocycles. The molecule has 0 fully saturated rings. The molecule has 0 aliphatic rings. The van der Waals surface area contributed by atoms with E-state index in [1.807, 2.05) is 5.38 Å². The molecule has 0 spiro atoms. The molecule has 84 valence electrons. The molecule has 4 nitrogen and oxygen atoms in total. The minimum atomic E-state index is -1.06. The first-order valence-electron chi connectivity index (χ1n) is 4.50. The van der Waals surface area contributed by atoms with Crippen molar-refractivity contribution < 1.29 is 14.3 Å². The lowest BCUT2D eigenvalue weighted by Gasteiger charge is -1.91. The van der Waals surface area contributed by atoms with Gasteiger partial charge < -0.3 is 9.52 Å². The zero-order valence-electron chi connectivity index (χ0n) is 8.14. The van der Waals surface area contributed by atoms with Gasteiger partial charge in [-0.15, -0.1) is 22.9 Å². The lowest BCUT2D eigenvalue weighted by Crippen LogP contribution is -1.92. The average molecular weight is 258 g/mol. The molecule has 2 heterocycles. The van der Waals surface area contributed by atoms with Gasteiger partial charge in [0.05, 0.1) is 18.0 Å². The van der Waals surface area contributed by atoms with E-state index in [0.29, 0.717) is 18.1 Å². The zero-order chi connectivity index (χ0) is 11.5. The van der Waals surface area contributed by atoms with Gasteiger partial charge in [-0.3, -0.25) is 0 Å². The summed E-state index contributed by atoms with van der Waals surface area (Å²) in [7, 11) is 0. The summed E-state index contributed by atoms with van der Waals surface area (Å²) in [5.74, 6) is -0.140. The van der Waals surface area contributed by atoms with E-state index in [0.717, 1.165) is 10.7 Å². The van der Waals surface area contributed by atoms with Gasteiger partial charge >= 0.3 is 5.97 Å². The number of carbonyl (C=O) groups is 1. The van der Waals surface area contributed by atoms with E-state index < -0.39 is 5.97 Å². The second kappa shape index (κ2) is 4.67. The van der Waals surface area contributed by atoms with Crippen LogP contribution in [0.3, 0.4) is 0 Å². The number of furan rings is 1. The Morgan fingerprint density at radius 2 is 2.38 bits per heavy atom. The molecule has 6 heteroatoms. The van der Waals surface area contributed by atoms with E-state index in [-0.39, 0.29) is 5.76 Å². The number of carboxylic acid groups (broad SMARTS) is 1. The number of aromatic carboxylic acids is 1. The van der Waals surface area contributed by atoms with Gasteiger partial charge in [0.15, 0.2) is 0 Å². The maximum atomic E-state index is 10.6. The molecule has 0 saturated heterocycles. The maximum absolute atomic E-state index is 10.6. The molecule has 0 aliphatic carbocycles. The first-order chi connectivity index (χ1) is 7.69. The summed E-state index contributed by atoms with van der Waals surface area (Å²) in [6, 6.07) is 3.08. The number of hydrogen-bond acceptors (Lipinski definition) is 4. The topological polar surface area (TPSA) is 63.3 Å². The second-order valence-electron chi connectivity index (χ2n) is 3.11. The summed E-state index contributed by atoms with van der Waals surface area (Å²) in [6.45, 7) is 0. The van der Waals surface area contributed by atoms with Crippen LogP contribution in [0.1, 0.15) is 27.0 Å². The lowest BCUT2D eigenvalue weighted by atomic mass is 10.3. The van der Waals surface area contributed by atoms with Crippen LogP contribution in [0.2, 0.25) is 0 Å². The van der Waals surface area contributed by atoms with Crippen molar-refractivity contribution in [3.8, 4) is 0 Å². The predicted molar refractivity (Wildman–Crippen MR) is 60.1 cm³/mol. The molecule has 0 aliphatic heterocycles. The van der Waals surface area contributed by atoms with Gasteiger partial charge in [0.2, 0.25) is 5.76 Å². The molecule has 0 atom stereocenters. The number of nitrogens with zero attached hydrogens (tertiary/aromatic N) is 1. The normalized spacial score (nSPS) is 10.6. The van der Waals surface area contributed by atoms with Gasteiger partial charge in [0, 0.05) is 5.38 Å². The number of hydrogen-bond donors (Lipinski definition) is 1. The second-order valence-corrected chi connectivity index (χ2v) is 4.32. The summed E-state index contributed by atoms with van der Waals surface area (Å²) < 4.78 is 5.13. The van der Waals surface area contributed by atoms with E-state index in [1.54, 1.807) is 6.07 Å². The molecule has 2 rings (SSSR count). The van der Waals surface area contributed by atoms with E-state index in [1.165, 1.54) is 17.4 Å². The Balaban J connectivity index is 2.11. The number of thiazole rings is 1. The Labute approximate surface area is 100 Å². The molecule has 2 aromatic rings. The first kappa shape index (κ1) is 11.2. The Morgan fingerprint density at radius 1 is 1.56 bits per heavy atom. The molecular weight excluding hydrogens is 250 g/mol. The van der Waals surface area contributed by atoms with Crippen LogP contribution in [0.5, 0.6) is 0 Å². The first-order valence-corrected chi connectivity index (χ1v) is 5.91. The van der Waals surface area contributed by atoms with Crippen molar-refractivity contribution in [3.63, 3.8) is 0 Å². The van der Waals surface area contributed by atoms with Crippen LogP contribution in [0, 0.1) is 0 Å². The summed E-state index contributed by atoms with van der Waals surface area (Å²) in [6.07, 6.45) is 0.495. The Hall–Kier alpha value is -1.33. The fourth-order valence-corrected chi connectivity index (χ4v) is 2.26. The Morgan fingerprint density at radius 3 is 2.94 bits per heavy atom. The highest BCUT2D eigenvalue weighted by Gasteiger charge is 2.10. The third kappa shape index (κ3) is 2.43. The summed E-state index contributed by atoms with van der Waals surface area (Å²) in [5, 5.41) is 11.4. The third-order valence-corrected chi connectivity index (χ3v) is 3.11. The summed E-state index contributed by atoms with van der Waals surface area (Å²) >= 11 is 7.12. The molecule has 1 N–H and O–H groups in total. The van der Waals surface area contributed by atoms with Crippen molar-refractivity contribution in [1.82, 2.24) is 4.98 Å². The van der Waals surface area contributed by atoms with Crippen molar-refractivity contribution >= 4 is 28.9 Å². The number of carboxylic acids is 1. The van der Waals surface area contributed by atoms with Gasteiger partial charge in [-0.25, -0.2) is 9.78 Å². The zero-order valence-corrected chi connectivity index (χ0v) is 9.72. The van der Waals surface area contributed by atoms with Gasteiger partial charge in [-0.1, -0.05) is 0 Å². The van der Waals surface area contributed by atoms with E-state index in [4.69, 9.17) is 21.1 Å². The monoisotopic (exact) mass is 257 g/mol. The van der Waals surface area contributed by atoms with Crippen molar-refractivity contribution in [2.24, 2.45) is 0 Å². The maximum Gasteiger partial charge on any atom is 0.371 e. The molecule has 0 amide bonds. The standard InChI is InChI=1S/C10H8ClNO3S/c11-4-6-5-16-9(12-6)3-7-1-2-8(15-7)10(13)14/h1-2,5H,3-4H2,(H,13,14). The number of alkyl halides is 1. The van der Waals surface area contributed by atoms with Crippen LogP contribution in [-0.2, 0) is 12.3 Å². The smallest absolute Gasteiger partial charge is 0.371 e. The van der Waals surface area contributed by atoms with Crippen LogP contribution in [0.15, 0.2) is 21.9 Å². The van der Waals surface area contributed by atoms with Gasteiger partial charge in [0.1, 0.15) is 10.8 Å². The minimum Gasteiger partial charge on any atom is -0.475 e. The largest absolute Gasteiger partial charge is 0.475 e. The van der Waals surface area contributed by atoms with E-state index in [9.17, 15) is 4.79 Å². The fraction of sp³-hybridized carbons (Fsp3) is 0.200. The predicted octanol–water partition coefficient (Wildman–Crippen LogP) is 2.76. The van der Waals surface area contributed by atoms with Crippen molar-refractivity contribution in [2.75, 3.05) is 0 Å². The quantitative estimate of drug-likeness (QED) is 0.856. The Bertz CT molecular complexity index is 506. The molecular formula is C10H8ClNO3S. The molecule has 2 aromatic heterocycles. The van der Waals surface area contributed by atoms with Crippen LogP contribution in [0.25, 0.3) is 0 Å². The highest BCUT2D eigenvalue weighted by Crippen LogP contribution is 2.17. The average Bonchev–Trinajstić information content (AvgIpc) is 2.87. The van der Waals surface area contributed by atoms with Crippen LogP contribution in [-0.4, -0.2) is 16.1 Å². The van der Waals surface area contributed by atoms with Crippen molar-refractivity contribution in [1.29, 1.82) is 0 Å². The fourth-order valence-electron chi connectivity index (χ4n) is 1.23. The van der Waals surface area contributed by atoms with Crippen LogP contribution in [0.4, 0.5) is 0 Å². The number of aromatic nitrogens is 1. The van der Waals surface area contributed by atoms with Crippen molar-refractivity contribution in [2.45, 2.75) is 12.3 Å². The highest BCUT2D eigenvalue weighted by atomic mass is 35.5. The van der Waals surface area contributed by atoms with Gasteiger partial charge in [-0.05, 0) is 12.1 Å². The number of rotatable bonds is 4. The summed E-state index contributed by atoms with van der Waals surface area (Å²) in [4.78, 5) is 14.9. The van der Waals surface area contributed by atoms with E-state index in [2.05, 4.69) is 4.98 Å². The van der Waals surface area contributed by atoms with Crippen molar-refractivity contribution in [3.05, 3.63) is 39.7 Å². The molecule has 0 radical (unpaired) electrons. The molecule has 0 bridgehead atoms. The van der Waals surface area contributed by atoms with Gasteiger partial charge in [0.25, 0.3) is 0 Å². The minimum absolute atomic E-state index is 0.0517. The van der Waals surface area contributed by atoms with Gasteiger partial charge in [-0.2, -0.15) is 0 Å². The molecule has 0 unspecified atom stereocenters. The molecule has 0 saturated carbocycles. The molecule has 16 heavy (non-hydrogen) atoms. The summed E-state index contributed by atoms with van der Waals surface area (Å²) in [5.41, 5.74) is 0.826. The Kier molecular flexibility index (Phi) is 3.26. The lowest BCUT2D eigenvalue weighted by molar-refractivity contribution is 0.0660. The highest BCUT2D eigenvalue weighted by molar-refractivity contribution is 7.09. The third-order valence-electron chi connectivity index (χ3n) is 1.93.